The number of rotatable bonds is 6. The molecule has 0 saturated carbocycles. The molecule has 0 fully saturated rings. The highest BCUT2D eigenvalue weighted by Gasteiger charge is 2.61. The predicted molar refractivity (Wildman–Crippen MR) is 117 cm³/mol. The van der Waals surface area contributed by atoms with E-state index < -0.39 is 29.5 Å². The number of H-pyrrole nitrogens is 1. The molecule has 0 spiro atoms. The van der Waals surface area contributed by atoms with Gasteiger partial charge in [-0.3, -0.25) is 0 Å². The molecule has 2 N–H and O–H groups in total. The quantitative estimate of drug-likeness (QED) is 0.402. The zero-order valence-corrected chi connectivity index (χ0v) is 17.8. The number of fused-ring (bicyclic) bond motifs is 1. The van der Waals surface area contributed by atoms with Crippen molar-refractivity contribution >= 4 is 11.0 Å². The maximum Gasteiger partial charge on any atom is 0.418 e. The maximum atomic E-state index is 14.7. The summed E-state index contributed by atoms with van der Waals surface area (Å²) in [6, 6.07) is 20.5. The molecule has 0 radical (unpaired) electrons. The summed E-state index contributed by atoms with van der Waals surface area (Å²) in [7, 11) is 0. The van der Waals surface area contributed by atoms with Crippen LogP contribution in [0.15, 0.2) is 79.0 Å². The number of alkyl halides is 3. The fourth-order valence-electron chi connectivity index (χ4n) is 4.44. The molecule has 4 rings (SSSR count). The molecule has 2 aromatic carbocycles. The zero-order chi connectivity index (χ0) is 23.0. The Labute approximate surface area is 184 Å². The van der Waals surface area contributed by atoms with E-state index in [0.29, 0.717) is 16.6 Å². The lowest BCUT2D eigenvalue weighted by Gasteiger charge is -2.42. The first kappa shape index (κ1) is 22.0. The van der Waals surface area contributed by atoms with Gasteiger partial charge in [-0.1, -0.05) is 74.5 Å². The third kappa shape index (κ3) is 4.00. The highest BCUT2D eigenvalue weighted by Crippen LogP contribution is 2.51. The molecule has 2 heterocycles. The molecule has 0 saturated heterocycles. The van der Waals surface area contributed by atoms with Crippen LogP contribution < -0.4 is 0 Å². The van der Waals surface area contributed by atoms with Crippen molar-refractivity contribution in [1.82, 2.24) is 15.2 Å². The molecule has 166 valence electrons. The van der Waals surface area contributed by atoms with E-state index in [0.717, 1.165) is 5.56 Å². The van der Waals surface area contributed by atoms with E-state index in [1.165, 1.54) is 6.20 Å². The van der Waals surface area contributed by atoms with Crippen LogP contribution in [-0.2, 0) is 5.41 Å². The van der Waals surface area contributed by atoms with Gasteiger partial charge in [-0.2, -0.15) is 18.3 Å². The van der Waals surface area contributed by atoms with Crippen LogP contribution in [0.1, 0.15) is 43.0 Å². The summed E-state index contributed by atoms with van der Waals surface area (Å²) in [5.41, 5.74) is -2.33. The Kier molecular flexibility index (Phi) is 5.54. The lowest BCUT2D eigenvalue weighted by molar-refractivity contribution is -0.272. The number of aromatic nitrogens is 3. The zero-order valence-electron chi connectivity index (χ0n) is 17.8. The first-order valence-electron chi connectivity index (χ1n) is 10.3. The van der Waals surface area contributed by atoms with Crippen LogP contribution in [0.3, 0.4) is 0 Å². The summed E-state index contributed by atoms with van der Waals surface area (Å²) in [6.07, 6.45) is -3.96. The molecule has 2 unspecified atom stereocenters. The number of nitrogens with zero attached hydrogens (tertiary/aromatic N) is 2. The van der Waals surface area contributed by atoms with Gasteiger partial charge in [0.1, 0.15) is 0 Å². The number of aliphatic hydroxyl groups is 1. The van der Waals surface area contributed by atoms with Gasteiger partial charge < -0.3 is 10.1 Å². The van der Waals surface area contributed by atoms with E-state index in [1.54, 1.807) is 80.6 Å². The summed E-state index contributed by atoms with van der Waals surface area (Å²) in [6.45, 7) is 3.44. The van der Waals surface area contributed by atoms with E-state index in [-0.39, 0.29) is 5.69 Å². The number of hydrogen-bond acceptors (Lipinski definition) is 3. The van der Waals surface area contributed by atoms with Gasteiger partial charge in [0, 0.05) is 11.1 Å². The van der Waals surface area contributed by atoms with E-state index in [9.17, 15) is 18.3 Å². The number of hydrogen-bond donors (Lipinski definition) is 2. The molecular weight excluding hydrogens is 415 g/mol. The number of nitrogens with one attached hydrogen (secondary N) is 1. The average molecular weight is 439 g/mol. The van der Waals surface area contributed by atoms with Crippen LogP contribution >= 0.6 is 0 Å². The fraction of sp³-hybridized carbons (Fsp3) is 0.280. The summed E-state index contributed by atoms with van der Waals surface area (Å²) < 4.78 is 44.2. The Morgan fingerprint density at radius 1 is 0.938 bits per heavy atom. The molecule has 0 bridgehead atoms. The minimum Gasteiger partial charge on any atom is -0.380 e. The Bertz CT molecular complexity index is 1160. The topological polar surface area (TPSA) is 61.8 Å². The molecule has 0 aliphatic rings. The molecule has 0 aliphatic heterocycles. The largest absolute Gasteiger partial charge is 0.418 e. The predicted octanol–water partition coefficient (Wildman–Crippen LogP) is 5.75. The minimum absolute atomic E-state index is 0.232. The van der Waals surface area contributed by atoms with Crippen molar-refractivity contribution < 1.29 is 18.3 Å². The Morgan fingerprint density at radius 2 is 1.56 bits per heavy atom. The van der Waals surface area contributed by atoms with Crippen molar-refractivity contribution in [2.75, 3.05) is 0 Å². The SMILES string of the molecule is CC(C)(CC(O)(C(c1ccccc1)c1cc2ccnnc2[nH]1)C(F)(F)F)c1ccccc1. The second-order valence-electron chi connectivity index (χ2n) is 8.75. The highest BCUT2D eigenvalue weighted by molar-refractivity contribution is 5.76. The lowest BCUT2D eigenvalue weighted by Crippen LogP contribution is -2.53. The van der Waals surface area contributed by atoms with Gasteiger partial charge in [-0.05, 0) is 35.1 Å². The second kappa shape index (κ2) is 8.06. The van der Waals surface area contributed by atoms with Crippen molar-refractivity contribution in [2.24, 2.45) is 0 Å². The van der Waals surface area contributed by atoms with Crippen molar-refractivity contribution in [3.63, 3.8) is 0 Å². The van der Waals surface area contributed by atoms with Crippen molar-refractivity contribution in [2.45, 2.75) is 43.4 Å². The van der Waals surface area contributed by atoms with E-state index in [4.69, 9.17) is 0 Å². The summed E-state index contributed by atoms with van der Waals surface area (Å²) in [5, 5.41) is 20.0. The summed E-state index contributed by atoms with van der Waals surface area (Å²) in [4.78, 5) is 2.96. The van der Waals surface area contributed by atoms with Crippen LogP contribution in [0.5, 0.6) is 0 Å². The second-order valence-corrected chi connectivity index (χ2v) is 8.75. The smallest absolute Gasteiger partial charge is 0.380 e. The van der Waals surface area contributed by atoms with E-state index >= 15 is 0 Å². The Hall–Kier alpha value is -3.19. The van der Waals surface area contributed by atoms with Gasteiger partial charge in [-0.15, -0.1) is 5.10 Å². The van der Waals surface area contributed by atoms with Crippen LogP contribution in [0.4, 0.5) is 13.2 Å². The molecule has 32 heavy (non-hydrogen) atoms. The van der Waals surface area contributed by atoms with Gasteiger partial charge in [0.25, 0.3) is 0 Å². The molecule has 2 atom stereocenters. The first-order valence-corrected chi connectivity index (χ1v) is 10.3. The van der Waals surface area contributed by atoms with Crippen molar-refractivity contribution in [3.8, 4) is 0 Å². The molecular formula is C25H24F3N3O. The van der Waals surface area contributed by atoms with Gasteiger partial charge >= 0.3 is 6.18 Å². The van der Waals surface area contributed by atoms with Gasteiger partial charge in [0.2, 0.25) is 0 Å². The van der Waals surface area contributed by atoms with E-state index in [1.807, 2.05) is 6.07 Å². The number of benzene rings is 2. The van der Waals surface area contributed by atoms with Crippen LogP contribution in [0, 0.1) is 0 Å². The van der Waals surface area contributed by atoms with Crippen molar-refractivity contribution in [1.29, 1.82) is 0 Å². The monoisotopic (exact) mass is 439 g/mol. The Morgan fingerprint density at radius 3 is 2.16 bits per heavy atom. The van der Waals surface area contributed by atoms with Crippen LogP contribution in [0.25, 0.3) is 11.0 Å². The van der Waals surface area contributed by atoms with Gasteiger partial charge in [0.05, 0.1) is 12.1 Å². The molecule has 4 aromatic rings. The molecule has 4 nitrogen and oxygen atoms in total. The summed E-state index contributed by atoms with van der Waals surface area (Å²) in [5.74, 6) is -1.39. The van der Waals surface area contributed by atoms with E-state index in [2.05, 4.69) is 15.2 Å². The molecule has 2 aromatic heterocycles. The van der Waals surface area contributed by atoms with Gasteiger partial charge in [-0.25, -0.2) is 0 Å². The molecule has 0 aliphatic carbocycles. The normalized spacial score (nSPS) is 15.4. The third-order valence-electron chi connectivity index (χ3n) is 6.00. The van der Waals surface area contributed by atoms with Crippen molar-refractivity contribution in [3.05, 3.63) is 95.8 Å². The third-order valence-corrected chi connectivity index (χ3v) is 6.00. The van der Waals surface area contributed by atoms with Crippen LogP contribution in [-0.4, -0.2) is 32.1 Å². The van der Waals surface area contributed by atoms with Crippen LogP contribution in [0.2, 0.25) is 0 Å². The Balaban J connectivity index is 1.90. The number of halogens is 3. The average Bonchev–Trinajstić information content (AvgIpc) is 3.17. The number of aromatic amines is 1. The molecule has 7 heteroatoms. The molecule has 0 amide bonds. The summed E-state index contributed by atoms with van der Waals surface area (Å²) >= 11 is 0. The standard InChI is InChI=1S/C25H24F3N3O/c1-23(2,19-11-7-4-8-12-19)16-24(32,25(26,27)28)21(17-9-5-3-6-10-17)20-15-18-13-14-29-31-22(18)30-20/h3-15,21,32H,16H2,1-2H3,(H,30,31). The highest BCUT2D eigenvalue weighted by atomic mass is 19.4. The maximum absolute atomic E-state index is 14.7. The minimum atomic E-state index is -4.90. The van der Waals surface area contributed by atoms with Gasteiger partial charge in [0.15, 0.2) is 11.2 Å². The first-order chi connectivity index (χ1) is 15.1. The lowest BCUT2D eigenvalue weighted by atomic mass is 9.68. The fourth-order valence-corrected chi connectivity index (χ4v) is 4.44.